The highest BCUT2D eigenvalue weighted by Gasteiger charge is 2.02. The summed E-state index contributed by atoms with van der Waals surface area (Å²) >= 11 is 0. The predicted octanol–water partition coefficient (Wildman–Crippen LogP) is 3.96. The summed E-state index contributed by atoms with van der Waals surface area (Å²) in [6.45, 7) is 8.64. The monoisotopic (exact) mass is 200 g/mol. The second-order valence-corrected chi connectivity index (χ2v) is 4.08. The fraction of sp³-hybridized carbons (Fsp3) is 0.467. The quantitative estimate of drug-likeness (QED) is 0.634. The minimum absolute atomic E-state index is 0.964. The average Bonchev–Trinajstić information content (AvgIpc) is 2.15. The van der Waals surface area contributed by atoms with E-state index in [4.69, 9.17) is 0 Å². The highest BCUT2D eigenvalue weighted by Crippen LogP contribution is 2.17. The summed E-state index contributed by atoms with van der Waals surface area (Å²) in [5.41, 5.74) is 5.65. The molecule has 0 saturated carbocycles. The van der Waals surface area contributed by atoms with Gasteiger partial charge in [0.15, 0.2) is 0 Å². The van der Waals surface area contributed by atoms with Crippen molar-refractivity contribution >= 4 is 0 Å². The van der Waals surface area contributed by atoms with E-state index in [0.29, 0.717) is 0 Å². The lowest BCUT2D eigenvalue weighted by Crippen LogP contribution is -1.94. The minimum Gasteiger partial charge on any atom is -0.104 e. The average molecular weight is 200 g/mol. The molecule has 0 heterocycles. The molecule has 80 valence electrons. The lowest BCUT2D eigenvalue weighted by atomic mass is 9.96. The Bertz CT molecular complexity index is 365. The summed E-state index contributed by atoms with van der Waals surface area (Å²) in [7, 11) is 0. The van der Waals surface area contributed by atoms with Crippen LogP contribution in [0.2, 0.25) is 0 Å². The van der Waals surface area contributed by atoms with Crippen molar-refractivity contribution in [2.45, 2.75) is 47.0 Å². The van der Waals surface area contributed by atoms with Crippen LogP contribution in [0.25, 0.3) is 0 Å². The number of rotatable bonds is 2. The van der Waals surface area contributed by atoms with Crippen LogP contribution < -0.4 is 0 Å². The van der Waals surface area contributed by atoms with E-state index in [1.807, 2.05) is 0 Å². The van der Waals surface area contributed by atoms with Gasteiger partial charge in [-0.1, -0.05) is 24.6 Å². The molecule has 0 aliphatic heterocycles. The van der Waals surface area contributed by atoms with E-state index in [-0.39, 0.29) is 0 Å². The van der Waals surface area contributed by atoms with Gasteiger partial charge in [-0.05, 0) is 43.9 Å². The van der Waals surface area contributed by atoms with E-state index in [2.05, 4.69) is 51.7 Å². The van der Waals surface area contributed by atoms with Gasteiger partial charge in [-0.2, -0.15) is 0 Å². The third-order valence-electron chi connectivity index (χ3n) is 2.64. The highest BCUT2D eigenvalue weighted by molar-refractivity contribution is 5.37. The molecule has 0 N–H and O–H groups in total. The first-order chi connectivity index (χ1) is 7.15. The summed E-state index contributed by atoms with van der Waals surface area (Å²) in [4.78, 5) is 0. The normalized spacial score (nSPS) is 9.60. The van der Waals surface area contributed by atoms with Gasteiger partial charge in [-0.25, -0.2) is 0 Å². The molecule has 1 aromatic rings. The van der Waals surface area contributed by atoms with Gasteiger partial charge in [0.2, 0.25) is 0 Å². The van der Waals surface area contributed by atoms with Crippen molar-refractivity contribution in [2.24, 2.45) is 0 Å². The molecule has 0 spiro atoms. The van der Waals surface area contributed by atoms with Crippen molar-refractivity contribution in [3.05, 3.63) is 34.4 Å². The van der Waals surface area contributed by atoms with E-state index in [1.54, 1.807) is 0 Å². The van der Waals surface area contributed by atoms with Gasteiger partial charge in [0, 0.05) is 12.8 Å². The number of benzene rings is 1. The first kappa shape index (κ1) is 11.9. The lowest BCUT2D eigenvalue weighted by Gasteiger charge is -2.09. The van der Waals surface area contributed by atoms with Crippen LogP contribution in [0.5, 0.6) is 0 Å². The third kappa shape index (κ3) is 3.44. The predicted molar refractivity (Wildman–Crippen MR) is 67.0 cm³/mol. The fourth-order valence-corrected chi connectivity index (χ4v) is 2.01. The molecule has 0 atom stereocenters. The molecule has 0 fully saturated rings. The maximum absolute atomic E-state index is 3.20. The van der Waals surface area contributed by atoms with Crippen LogP contribution in [0.1, 0.15) is 42.0 Å². The van der Waals surface area contributed by atoms with Crippen molar-refractivity contribution in [1.29, 1.82) is 0 Å². The Morgan fingerprint density at radius 1 is 1.00 bits per heavy atom. The third-order valence-corrected chi connectivity index (χ3v) is 2.64. The molecular weight excluding hydrogens is 180 g/mol. The molecule has 0 nitrogen and oxygen atoms in total. The largest absolute Gasteiger partial charge is 0.104 e. The maximum atomic E-state index is 3.20. The molecule has 1 rings (SSSR count). The van der Waals surface area contributed by atoms with E-state index in [1.165, 1.54) is 22.3 Å². The molecule has 1 aromatic carbocycles. The van der Waals surface area contributed by atoms with Gasteiger partial charge in [0.25, 0.3) is 0 Å². The summed E-state index contributed by atoms with van der Waals surface area (Å²) in [6.07, 6.45) is 3.04. The Hall–Kier alpha value is -1.22. The Labute approximate surface area is 93.7 Å². The van der Waals surface area contributed by atoms with E-state index in [9.17, 15) is 0 Å². The zero-order valence-corrected chi connectivity index (χ0v) is 10.3. The molecule has 0 aliphatic rings. The SMILES string of the molecule is CCC#CCCc1c(C)cc(C)cc1C. The van der Waals surface area contributed by atoms with E-state index >= 15 is 0 Å². The Balaban J connectivity index is 2.77. The Morgan fingerprint density at radius 3 is 2.13 bits per heavy atom. The molecule has 0 aliphatic carbocycles. The van der Waals surface area contributed by atoms with Gasteiger partial charge >= 0.3 is 0 Å². The molecule has 0 aromatic heterocycles. The van der Waals surface area contributed by atoms with Gasteiger partial charge in [0.05, 0.1) is 0 Å². The van der Waals surface area contributed by atoms with Gasteiger partial charge < -0.3 is 0 Å². The fourth-order valence-electron chi connectivity index (χ4n) is 2.01. The van der Waals surface area contributed by atoms with Crippen LogP contribution in [0.4, 0.5) is 0 Å². The van der Waals surface area contributed by atoms with Gasteiger partial charge in [-0.3, -0.25) is 0 Å². The molecule has 15 heavy (non-hydrogen) atoms. The molecular formula is C15H20. The minimum atomic E-state index is 0.964. The van der Waals surface area contributed by atoms with Crippen molar-refractivity contribution in [2.75, 3.05) is 0 Å². The first-order valence-electron chi connectivity index (χ1n) is 5.67. The van der Waals surface area contributed by atoms with Crippen LogP contribution in [0.15, 0.2) is 12.1 Å². The van der Waals surface area contributed by atoms with Crippen molar-refractivity contribution < 1.29 is 0 Å². The van der Waals surface area contributed by atoms with Crippen LogP contribution in [0.3, 0.4) is 0 Å². The molecule has 0 bridgehead atoms. The summed E-state index contributed by atoms with van der Waals surface area (Å²) in [5, 5.41) is 0. The zero-order chi connectivity index (χ0) is 11.3. The van der Waals surface area contributed by atoms with E-state index in [0.717, 1.165) is 19.3 Å². The second kappa shape index (κ2) is 5.61. The summed E-state index contributed by atoms with van der Waals surface area (Å²) < 4.78 is 0. The van der Waals surface area contributed by atoms with Crippen molar-refractivity contribution in [1.82, 2.24) is 0 Å². The van der Waals surface area contributed by atoms with Gasteiger partial charge in [0.1, 0.15) is 0 Å². The Morgan fingerprint density at radius 2 is 1.60 bits per heavy atom. The number of hydrogen-bond donors (Lipinski definition) is 0. The molecule has 0 radical (unpaired) electrons. The van der Waals surface area contributed by atoms with E-state index < -0.39 is 0 Å². The standard InChI is InChI=1S/C15H20/c1-5-6-7-8-9-15-13(3)10-12(2)11-14(15)4/h10-11H,5,8-9H2,1-4H3. The second-order valence-electron chi connectivity index (χ2n) is 4.08. The highest BCUT2D eigenvalue weighted by atomic mass is 14.1. The molecule has 0 unspecified atom stereocenters. The topological polar surface area (TPSA) is 0 Å². The van der Waals surface area contributed by atoms with Crippen molar-refractivity contribution in [3.8, 4) is 11.8 Å². The van der Waals surface area contributed by atoms with Crippen LogP contribution in [-0.4, -0.2) is 0 Å². The zero-order valence-electron chi connectivity index (χ0n) is 10.3. The van der Waals surface area contributed by atoms with Crippen LogP contribution in [-0.2, 0) is 6.42 Å². The van der Waals surface area contributed by atoms with Crippen molar-refractivity contribution in [3.63, 3.8) is 0 Å². The van der Waals surface area contributed by atoms with Crippen LogP contribution in [0, 0.1) is 32.6 Å². The van der Waals surface area contributed by atoms with Crippen LogP contribution >= 0.6 is 0 Å². The first-order valence-corrected chi connectivity index (χ1v) is 5.67. The molecule has 0 heteroatoms. The summed E-state index contributed by atoms with van der Waals surface area (Å²) in [5.74, 6) is 6.32. The maximum Gasteiger partial charge on any atom is 0.0129 e. The molecule has 0 saturated heterocycles. The van der Waals surface area contributed by atoms with Gasteiger partial charge in [-0.15, -0.1) is 11.8 Å². The summed E-state index contributed by atoms with van der Waals surface area (Å²) in [6, 6.07) is 4.52. The molecule has 0 amide bonds. The Kier molecular flexibility index (Phi) is 4.43. The number of hydrogen-bond acceptors (Lipinski definition) is 0. The smallest absolute Gasteiger partial charge is 0.0129 e. The lowest BCUT2D eigenvalue weighted by molar-refractivity contribution is 0.989. The number of aryl methyl sites for hydroxylation is 3.